The number of aryl methyl sites for hydroxylation is 1. The molecule has 0 radical (unpaired) electrons. The van der Waals surface area contributed by atoms with Gasteiger partial charge >= 0.3 is 0 Å². The van der Waals surface area contributed by atoms with Crippen LogP contribution in [0.4, 0.5) is 5.69 Å². The van der Waals surface area contributed by atoms with Crippen LogP contribution < -0.4 is 16.4 Å². The van der Waals surface area contributed by atoms with Crippen LogP contribution in [0.5, 0.6) is 0 Å². The van der Waals surface area contributed by atoms with Crippen molar-refractivity contribution in [3.05, 3.63) is 41.5 Å². The number of amides is 2. The van der Waals surface area contributed by atoms with Crippen LogP contribution in [-0.2, 0) is 11.2 Å². The number of aromatic nitrogens is 2. The van der Waals surface area contributed by atoms with Gasteiger partial charge in [-0.1, -0.05) is 31.1 Å². The first-order valence-electron chi connectivity index (χ1n) is 8.21. The first-order valence-corrected chi connectivity index (χ1v) is 8.21. The van der Waals surface area contributed by atoms with Gasteiger partial charge in [0, 0.05) is 31.8 Å². The van der Waals surface area contributed by atoms with Crippen molar-refractivity contribution in [3.63, 3.8) is 0 Å². The van der Waals surface area contributed by atoms with Crippen molar-refractivity contribution in [2.75, 3.05) is 18.4 Å². The van der Waals surface area contributed by atoms with Crippen LogP contribution in [0.1, 0.15) is 48.3 Å². The highest BCUT2D eigenvalue weighted by Crippen LogP contribution is 2.16. The lowest BCUT2D eigenvalue weighted by Gasteiger charge is -2.10. The van der Waals surface area contributed by atoms with Gasteiger partial charge < -0.3 is 20.9 Å². The molecular formula is C17H23N5O3. The van der Waals surface area contributed by atoms with Crippen molar-refractivity contribution in [2.45, 2.75) is 32.6 Å². The normalized spacial score (nSPS) is 10.7. The zero-order valence-corrected chi connectivity index (χ0v) is 14.4. The van der Waals surface area contributed by atoms with E-state index in [4.69, 9.17) is 10.3 Å². The molecule has 1 aromatic carbocycles. The number of para-hydroxylation sites is 1. The molecule has 2 amide bonds. The Bertz CT molecular complexity index is 727. The Morgan fingerprint density at radius 1 is 1.28 bits per heavy atom. The predicted molar refractivity (Wildman–Crippen MR) is 93.2 cm³/mol. The third kappa shape index (κ3) is 5.39. The van der Waals surface area contributed by atoms with Gasteiger partial charge in [-0.3, -0.25) is 9.59 Å². The van der Waals surface area contributed by atoms with E-state index in [9.17, 15) is 9.59 Å². The molecule has 0 aliphatic rings. The van der Waals surface area contributed by atoms with Gasteiger partial charge in [0.15, 0.2) is 5.82 Å². The van der Waals surface area contributed by atoms with Crippen molar-refractivity contribution in [1.29, 1.82) is 0 Å². The van der Waals surface area contributed by atoms with E-state index in [1.807, 2.05) is 13.8 Å². The minimum atomic E-state index is -0.278. The van der Waals surface area contributed by atoms with Gasteiger partial charge in [-0.25, -0.2) is 0 Å². The number of carbonyl (C=O) groups is 2. The summed E-state index contributed by atoms with van der Waals surface area (Å²) >= 11 is 0. The summed E-state index contributed by atoms with van der Waals surface area (Å²) in [6, 6.07) is 6.81. The second-order valence-corrected chi connectivity index (χ2v) is 5.84. The Kier molecular flexibility index (Phi) is 6.64. The Morgan fingerprint density at radius 2 is 2.04 bits per heavy atom. The van der Waals surface area contributed by atoms with Crippen molar-refractivity contribution >= 4 is 17.5 Å². The van der Waals surface area contributed by atoms with Gasteiger partial charge in [0.2, 0.25) is 11.8 Å². The largest absolute Gasteiger partial charge is 0.351 e. The monoisotopic (exact) mass is 345 g/mol. The fourth-order valence-corrected chi connectivity index (χ4v) is 2.11. The highest BCUT2D eigenvalue weighted by Gasteiger charge is 2.14. The summed E-state index contributed by atoms with van der Waals surface area (Å²) in [5, 5.41) is 9.29. The average Bonchev–Trinajstić information content (AvgIpc) is 3.08. The molecule has 4 N–H and O–H groups in total. The van der Waals surface area contributed by atoms with Crippen LogP contribution in [0.25, 0.3) is 0 Å². The van der Waals surface area contributed by atoms with Crippen molar-refractivity contribution in [1.82, 2.24) is 15.5 Å². The number of nitrogens with two attached hydrogens (primary N) is 1. The minimum Gasteiger partial charge on any atom is -0.351 e. The Hall–Kier alpha value is -2.74. The first kappa shape index (κ1) is 18.6. The SMILES string of the molecule is CC(C)c1noc(CCC(=O)Nc2ccccc2C(=O)NCCN)n1. The van der Waals surface area contributed by atoms with E-state index in [1.165, 1.54) is 0 Å². The molecule has 1 aromatic heterocycles. The zero-order chi connectivity index (χ0) is 18.2. The Balaban J connectivity index is 1.94. The summed E-state index contributed by atoms with van der Waals surface area (Å²) in [6.07, 6.45) is 0.519. The molecule has 0 saturated carbocycles. The fraction of sp³-hybridized carbons (Fsp3) is 0.412. The molecule has 0 saturated heterocycles. The average molecular weight is 345 g/mol. The molecule has 8 heteroatoms. The Morgan fingerprint density at radius 3 is 2.72 bits per heavy atom. The summed E-state index contributed by atoms with van der Waals surface area (Å²) in [5.74, 6) is 0.707. The maximum absolute atomic E-state index is 12.2. The second-order valence-electron chi connectivity index (χ2n) is 5.84. The van der Waals surface area contributed by atoms with E-state index in [1.54, 1.807) is 24.3 Å². The van der Waals surface area contributed by atoms with Crippen LogP contribution in [0.15, 0.2) is 28.8 Å². The van der Waals surface area contributed by atoms with Gasteiger partial charge in [0.1, 0.15) is 0 Å². The maximum atomic E-state index is 12.2. The Labute approximate surface area is 146 Å². The molecule has 0 bridgehead atoms. The topological polar surface area (TPSA) is 123 Å². The third-order valence-electron chi connectivity index (χ3n) is 3.44. The quantitative estimate of drug-likeness (QED) is 0.665. The lowest BCUT2D eigenvalue weighted by molar-refractivity contribution is -0.116. The zero-order valence-electron chi connectivity index (χ0n) is 14.4. The van der Waals surface area contributed by atoms with Crippen LogP contribution >= 0.6 is 0 Å². The van der Waals surface area contributed by atoms with E-state index >= 15 is 0 Å². The number of hydrogen-bond acceptors (Lipinski definition) is 6. The van der Waals surface area contributed by atoms with Gasteiger partial charge in [-0.2, -0.15) is 4.98 Å². The molecule has 2 rings (SSSR count). The van der Waals surface area contributed by atoms with Gasteiger partial charge in [-0.15, -0.1) is 0 Å². The molecule has 1 heterocycles. The number of hydrogen-bond donors (Lipinski definition) is 3. The highest BCUT2D eigenvalue weighted by atomic mass is 16.5. The molecule has 0 spiro atoms. The highest BCUT2D eigenvalue weighted by molar-refractivity contribution is 6.03. The number of anilines is 1. The van der Waals surface area contributed by atoms with E-state index in [-0.39, 0.29) is 24.2 Å². The van der Waals surface area contributed by atoms with Gasteiger partial charge in [0.25, 0.3) is 5.91 Å². The van der Waals surface area contributed by atoms with Crippen LogP contribution in [0, 0.1) is 0 Å². The van der Waals surface area contributed by atoms with Crippen molar-refractivity contribution in [3.8, 4) is 0 Å². The maximum Gasteiger partial charge on any atom is 0.253 e. The molecule has 8 nitrogen and oxygen atoms in total. The molecular weight excluding hydrogens is 322 g/mol. The lowest BCUT2D eigenvalue weighted by Crippen LogP contribution is -2.30. The molecule has 0 atom stereocenters. The number of benzene rings is 1. The molecule has 0 aliphatic heterocycles. The summed E-state index contributed by atoms with van der Waals surface area (Å²) in [4.78, 5) is 28.5. The van der Waals surface area contributed by atoms with E-state index < -0.39 is 0 Å². The number of nitrogens with one attached hydrogen (secondary N) is 2. The third-order valence-corrected chi connectivity index (χ3v) is 3.44. The minimum absolute atomic E-state index is 0.172. The van der Waals surface area contributed by atoms with Crippen molar-refractivity contribution < 1.29 is 14.1 Å². The summed E-state index contributed by atoms with van der Waals surface area (Å²) in [6.45, 7) is 4.65. The molecule has 0 aliphatic carbocycles. The summed E-state index contributed by atoms with van der Waals surface area (Å²) < 4.78 is 5.12. The van der Waals surface area contributed by atoms with Gasteiger partial charge in [0.05, 0.1) is 11.3 Å². The second kappa shape index (κ2) is 8.93. The molecule has 0 unspecified atom stereocenters. The van der Waals surface area contributed by atoms with Crippen LogP contribution in [-0.4, -0.2) is 35.0 Å². The standard InChI is InChI=1S/C17H23N5O3/c1-11(2)16-21-15(25-22-16)8-7-14(23)20-13-6-4-3-5-12(13)17(24)19-10-9-18/h3-6,11H,7-10,18H2,1-2H3,(H,19,24)(H,20,23). The van der Waals surface area contributed by atoms with Crippen molar-refractivity contribution in [2.24, 2.45) is 5.73 Å². The van der Waals surface area contributed by atoms with Crippen LogP contribution in [0.3, 0.4) is 0 Å². The summed E-state index contributed by atoms with van der Waals surface area (Å²) in [7, 11) is 0. The van der Waals surface area contributed by atoms with Crippen LogP contribution in [0.2, 0.25) is 0 Å². The number of carbonyl (C=O) groups excluding carboxylic acids is 2. The van der Waals surface area contributed by atoms with Gasteiger partial charge in [-0.05, 0) is 12.1 Å². The van der Waals surface area contributed by atoms with E-state index in [2.05, 4.69) is 20.8 Å². The van der Waals surface area contributed by atoms with E-state index in [0.717, 1.165) is 0 Å². The molecule has 25 heavy (non-hydrogen) atoms. The number of rotatable bonds is 8. The summed E-state index contributed by atoms with van der Waals surface area (Å²) in [5.41, 5.74) is 6.23. The molecule has 2 aromatic rings. The smallest absolute Gasteiger partial charge is 0.253 e. The molecule has 134 valence electrons. The lowest BCUT2D eigenvalue weighted by atomic mass is 10.1. The van der Waals surface area contributed by atoms with E-state index in [0.29, 0.717) is 42.5 Å². The fourth-order valence-electron chi connectivity index (χ4n) is 2.11. The first-order chi connectivity index (χ1) is 12.0. The predicted octanol–water partition coefficient (Wildman–Crippen LogP) is 1.45. The number of nitrogens with zero attached hydrogens (tertiary/aromatic N) is 2. The molecule has 0 fully saturated rings.